The van der Waals surface area contributed by atoms with Crippen molar-refractivity contribution in [1.82, 2.24) is 14.8 Å². The number of aromatic nitrogens is 1. The summed E-state index contributed by atoms with van der Waals surface area (Å²) in [5, 5.41) is 3.34. The lowest BCUT2D eigenvalue weighted by atomic mass is 9.94. The number of piperazine rings is 1. The number of thiazole rings is 1. The zero-order valence-electron chi connectivity index (χ0n) is 18.1. The number of carbonyl (C=O) groups is 2. The normalized spacial score (nSPS) is 19.1. The first-order valence-corrected chi connectivity index (χ1v) is 11.8. The summed E-state index contributed by atoms with van der Waals surface area (Å²) < 4.78 is 10.9. The highest BCUT2D eigenvalue weighted by atomic mass is 32.1. The van der Waals surface area contributed by atoms with Crippen molar-refractivity contribution in [2.45, 2.75) is 32.7 Å². The number of ketones is 1. The highest BCUT2D eigenvalue weighted by Crippen LogP contribution is 2.35. The number of nitrogens with zero attached hydrogens (tertiary/aromatic N) is 3. The molecule has 2 fully saturated rings. The van der Waals surface area contributed by atoms with Crippen molar-refractivity contribution in [2.75, 3.05) is 51.3 Å². The summed E-state index contributed by atoms with van der Waals surface area (Å²) in [5.74, 6) is 0.404. The van der Waals surface area contributed by atoms with Crippen molar-refractivity contribution in [3.8, 4) is 11.5 Å². The highest BCUT2D eigenvalue weighted by Gasteiger charge is 2.29. The van der Waals surface area contributed by atoms with Gasteiger partial charge >= 0.3 is 0 Å². The predicted molar refractivity (Wildman–Crippen MR) is 119 cm³/mol. The molecule has 2 aromatic heterocycles. The van der Waals surface area contributed by atoms with E-state index in [0.29, 0.717) is 60.1 Å². The van der Waals surface area contributed by atoms with Crippen LogP contribution in [0.2, 0.25) is 0 Å². The topological polar surface area (TPSA) is 87.9 Å². The van der Waals surface area contributed by atoms with Crippen LogP contribution in [0.5, 0.6) is 0 Å². The minimum atomic E-state index is -0.109. The number of carbonyl (C=O) groups excluding carboxylic acids is 2. The number of hydrogen-bond acceptors (Lipinski definition) is 8. The van der Waals surface area contributed by atoms with Crippen LogP contribution in [-0.4, -0.2) is 78.5 Å². The summed E-state index contributed by atoms with van der Waals surface area (Å²) in [7, 11) is 0. The lowest BCUT2D eigenvalue weighted by Crippen LogP contribution is -2.50. The third-order valence-electron chi connectivity index (χ3n) is 5.95. The van der Waals surface area contributed by atoms with Gasteiger partial charge in [-0.25, -0.2) is 4.98 Å². The van der Waals surface area contributed by atoms with E-state index in [1.165, 1.54) is 11.3 Å². The molecule has 8 nitrogen and oxygen atoms in total. The predicted octanol–water partition coefficient (Wildman–Crippen LogP) is 2.98. The van der Waals surface area contributed by atoms with Crippen LogP contribution in [0.25, 0.3) is 11.5 Å². The molecule has 2 aliphatic rings. The second-order valence-electron chi connectivity index (χ2n) is 8.38. The van der Waals surface area contributed by atoms with Crippen LogP contribution >= 0.6 is 11.3 Å². The van der Waals surface area contributed by atoms with Crippen LogP contribution in [0.15, 0.2) is 22.8 Å². The van der Waals surface area contributed by atoms with Gasteiger partial charge in [-0.15, -0.1) is 0 Å². The quantitative estimate of drug-likeness (QED) is 0.654. The van der Waals surface area contributed by atoms with Crippen LogP contribution < -0.4 is 5.32 Å². The standard InChI is InChI=1S/C22H30N4O4S/c1-15(2)26-9-7-25(8-10-26)14-18(27)23-22-24-19(17-4-3-11-30-17)21(31-22)20(28)16-5-12-29-13-6-16/h3-4,11,15-16H,5-10,12-14H2,1-2H3,(H,23,24,27). The molecule has 0 unspecified atom stereocenters. The average molecular weight is 447 g/mol. The second kappa shape index (κ2) is 10.0. The Kier molecular flexibility index (Phi) is 7.16. The average Bonchev–Trinajstić information content (AvgIpc) is 3.44. The van der Waals surface area contributed by atoms with Crippen molar-refractivity contribution in [1.29, 1.82) is 0 Å². The van der Waals surface area contributed by atoms with Crippen LogP contribution in [0, 0.1) is 5.92 Å². The Morgan fingerprint density at radius 1 is 1.23 bits per heavy atom. The van der Waals surface area contributed by atoms with E-state index in [2.05, 4.69) is 33.9 Å². The van der Waals surface area contributed by atoms with E-state index in [9.17, 15) is 9.59 Å². The van der Waals surface area contributed by atoms with Crippen molar-refractivity contribution in [2.24, 2.45) is 5.92 Å². The first kappa shape index (κ1) is 22.1. The molecule has 0 aromatic carbocycles. The number of nitrogens with one attached hydrogen (secondary N) is 1. The number of Topliss-reactive ketones (excluding diaryl/α,β-unsaturated/α-hetero) is 1. The van der Waals surface area contributed by atoms with Crippen molar-refractivity contribution in [3.05, 3.63) is 23.3 Å². The number of amides is 1. The van der Waals surface area contributed by atoms with Gasteiger partial charge in [0.15, 0.2) is 16.7 Å². The van der Waals surface area contributed by atoms with Crippen molar-refractivity contribution in [3.63, 3.8) is 0 Å². The molecule has 31 heavy (non-hydrogen) atoms. The highest BCUT2D eigenvalue weighted by molar-refractivity contribution is 7.18. The van der Waals surface area contributed by atoms with Crippen molar-refractivity contribution >= 4 is 28.2 Å². The molecule has 4 rings (SSSR count). The van der Waals surface area contributed by atoms with Crippen LogP contribution in [0.3, 0.4) is 0 Å². The number of ether oxygens (including phenoxy) is 1. The zero-order valence-corrected chi connectivity index (χ0v) is 19.0. The largest absolute Gasteiger partial charge is 0.463 e. The molecule has 0 bridgehead atoms. The molecule has 0 radical (unpaired) electrons. The summed E-state index contributed by atoms with van der Waals surface area (Å²) in [4.78, 5) is 35.5. The number of rotatable bonds is 7. The van der Waals surface area contributed by atoms with Gasteiger partial charge in [-0.3, -0.25) is 19.4 Å². The Morgan fingerprint density at radius 2 is 1.97 bits per heavy atom. The summed E-state index contributed by atoms with van der Waals surface area (Å²) in [6.07, 6.45) is 2.98. The van der Waals surface area contributed by atoms with Crippen LogP contribution in [0.1, 0.15) is 36.4 Å². The third-order valence-corrected chi connectivity index (χ3v) is 6.93. The van der Waals surface area contributed by atoms with Gasteiger partial charge < -0.3 is 14.5 Å². The van der Waals surface area contributed by atoms with Gasteiger partial charge in [-0.05, 0) is 38.8 Å². The van der Waals surface area contributed by atoms with Gasteiger partial charge in [0.05, 0.1) is 12.8 Å². The van der Waals surface area contributed by atoms with Gasteiger partial charge in [0.2, 0.25) is 5.91 Å². The fourth-order valence-electron chi connectivity index (χ4n) is 4.07. The van der Waals surface area contributed by atoms with E-state index in [-0.39, 0.29) is 17.6 Å². The first-order chi connectivity index (χ1) is 15.0. The maximum absolute atomic E-state index is 13.2. The number of hydrogen-bond donors (Lipinski definition) is 1. The maximum Gasteiger partial charge on any atom is 0.240 e. The SMILES string of the molecule is CC(C)N1CCN(CC(=O)Nc2nc(-c3ccco3)c(C(=O)C3CCOCC3)s2)CC1. The van der Waals surface area contributed by atoms with Crippen LogP contribution in [-0.2, 0) is 9.53 Å². The van der Waals surface area contributed by atoms with Gasteiger partial charge in [0.25, 0.3) is 0 Å². The molecule has 2 aliphatic heterocycles. The van der Waals surface area contributed by atoms with E-state index in [1.807, 2.05) is 0 Å². The molecule has 2 saturated heterocycles. The monoisotopic (exact) mass is 446 g/mol. The summed E-state index contributed by atoms with van der Waals surface area (Å²) in [6, 6.07) is 4.08. The Bertz CT molecular complexity index is 881. The minimum absolute atomic E-state index is 0.0532. The Morgan fingerprint density at radius 3 is 2.61 bits per heavy atom. The molecule has 1 N–H and O–H groups in total. The Hall–Kier alpha value is -2.07. The number of anilines is 1. The molecule has 9 heteroatoms. The summed E-state index contributed by atoms with van der Waals surface area (Å²) in [6.45, 7) is 9.58. The molecular formula is C22H30N4O4S. The van der Waals surface area contributed by atoms with E-state index < -0.39 is 0 Å². The molecule has 168 valence electrons. The zero-order chi connectivity index (χ0) is 21.8. The van der Waals surface area contributed by atoms with Gasteiger partial charge in [0.1, 0.15) is 10.6 Å². The van der Waals surface area contributed by atoms with Crippen LogP contribution in [0.4, 0.5) is 5.13 Å². The molecule has 0 saturated carbocycles. The smallest absolute Gasteiger partial charge is 0.240 e. The van der Waals surface area contributed by atoms with E-state index in [0.717, 1.165) is 26.2 Å². The minimum Gasteiger partial charge on any atom is -0.463 e. The van der Waals surface area contributed by atoms with Gasteiger partial charge in [0, 0.05) is 51.4 Å². The fraction of sp³-hybridized carbons (Fsp3) is 0.591. The molecule has 0 atom stereocenters. The second-order valence-corrected chi connectivity index (χ2v) is 9.38. The van der Waals surface area contributed by atoms with E-state index >= 15 is 0 Å². The van der Waals surface area contributed by atoms with E-state index in [4.69, 9.17) is 9.15 Å². The molecular weight excluding hydrogens is 416 g/mol. The molecule has 1 amide bonds. The third kappa shape index (κ3) is 5.41. The first-order valence-electron chi connectivity index (χ1n) is 10.9. The lowest BCUT2D eigenvalue weighted by molar-refractivity contribution is -0.117. The maximum atomic E-state index is 13.2. The van der Waals surface area contributed by atoms with Gasteiger partial charge in [-0.2, -0.15) is 0 Å². The molecule has 0 aliphatic carbocycles. The molecule has 4 heterocycles. The summed E-state index contributed by atoms with van der Waals surface area (Å²) in [5.41, 5.74) is 0.507. The van der Waals surface area contributed by atoms with Gasteiger partial charge in [-0.1, -0.05) is 11.3 Å². The number of furan rings is 1. The van der Waals surface area contributed by atoms with Crippen molar-refractivity contribution < 1.29 is 18.7 Å². The Balaban J connectivity index is 1.43. The molecule has 2 aromatic rings. The molecule has 0 spiro atoms. The Labute approximate surface area is 186 Å². The fourth-order valence-corrected chi connectivity index (χ4v) is 5.07. The van der Waals surface area contributed by atoms with E-state index in [1.54, 1.807) is 18.4 Å². The lowest BCUT2D eigenvalue weighted by Gasteiger charge is -2.36. The summed E-state index contributed by atoms with van der Waals surface area (Å²) >= 11 is 1.23.